The van der Waals surface area contributed by atoms with Crippen LogP contribution < -0.4 is 44.2 Å². The fourth-order valence-electron chi connectivity index (χ4n) is 6.12. The maximum Gasteiger partial charge on any atom is 0.416 e. The Morgan fingerprint density at radius 1 is 0.500 bits per heavy atom. The van der Waals surface area contributed by atoms with E-state index in [1.165, 1.54) is 33.6 Å². The van der Waals surface area contributed by atoms with Gasteiger partial charge in [-0.15, -0.1) is 0 Å². The predicted octanol–water partition coefficient (Wildman–Crippen LogP) is 7.51. The maximum atomic E-state index is 12.8. The van der Waals surface area contributed by atoms with Gasteiger partial charge in [0.1, 0.15) is 34.2 Å². The number of anilines is 6. The second kappa shape index (κ2) is 18.1. The van der Waals surface area contributed by atoms with E-state index in [1.54, 1.807) is 50.5 Å². The van der Waals surface area contributed by atoms with Crippen LogP contribution in [0, 0.1) is 0 Å². The molecule has 62 heavy (non-hydrogen) atoms. The molecule has 16 nitrogen and oxygen atoms in total. The zero-order chi connectivity index (χ0) is 44.7. The van der Waals surface area contributed by atoms with Gasteiger partial charge >= 0.3 is 18.2 Å². The topological polar surface area (TPSA) is 256 Å². The Balaban J connectivity index is 0.000000207. The van der Waals surface area contributed by atoms with Crippen molar-refractivity contribution in [2.45, 2.75) is 6.18 Å². The van der Waals surface area contributed by atoms with Crippen LogP contribution in [0.25, 0.3) is 33.6 Å². The molecule has 2 aromatic heterocycles. The van der Waals surface area contributed by atoms with E-state index in [1.807, 2.05) is 54.6 Å². The highest BCUT2D eigenvalue weighted by Gasteiger charge is 2.30. The number of primary amides is 2. The second-order valence-electron chi connectivity index (χ2n) is 13.5. The summed E-state index contributed by atoms with van der Waals surface area (Å²) >= 11 is 0. The summed E-state index contributed by atoms with van der Waals surface area (Å²) in [6.45, 7) is 0. The molecule has 0 aliphatic rings. The van der Waals surface area contributed by atoms with Crippen LogP contribution in [-0.4, -0.2) is 43.4 Å². The largest absolute Gasteiger partial charge is 0.416 e. The second-order valence-corrected chi connectivity index (χ2v) is 13.5. The number of nitrogen functional groups attached to an aromatic ring is 2. The molecule has 0 saturated carbocycles. The Labute approximate surface area is 351 Å². The van der Waals surface area contributed by atoms with E-state index in [4.69, 9.17) is 22.9 Å². The van der Waals surface area contributed by atoms with E-state index in [0.717, 1.165) is 23.3 Å². The lowest BCUT2D eigenvalue weighted by Gasteiger charge is -2.11. The van der Waals surface area contributed by atoms with Crippen LogP contribution in [0.1, 0.15) is 26.3 Å². The molecule has 0 radical (unpaired) electrons. The first-order valence-electron chi connectivity index (χ1n) is 18.4. The number of carbonyl (C=O) groups excluding carboxylic acids is 4. The van der Waals surface area contributed by atoms with Crippen molar-refractivity contribution in [2.75, 3.05) is 32.7 Å². The van der Waals surface area contributed by atoms with Crippen LogP contribution in [0.15, 0.2) is 127 Å². The van der Waals surface area contributed by atoms with Gasteiger partial charge in [0.25, 0.3) is 11.8 Å². The summed E-state index contributed by atoms with van der Waals surface area (Å²) in [5.41, 5.74) is 27.6. The van der Waals surface area contributed by atoms with Crippen LogP contribution in [0.5, 0.6) is 0 Å². The number of rotatable bonds is 9. The van der Waals surface area contributed by atoms with Gasteiger partial charge in [-0.1, -0.05) is 72.8 Å². The van der Waals surface area contributed by atoms with Crippen LogP contribution in [0.2, 0.25) is 0 Å². The van der Waals surface area contributed by atoms with Crippen molar-refractivity contribution < 1.29 is 32.3 Å². The van der Waals surface area contributed by atoms with E-state index in [9.17, 15) is 32.3 Å². The molecular formula is C43H39F3N12O4. The van der Waals surface area contributed by atoms with Crippen molar-refractivity contribution >= 4 is 58.3 Å². The minimum atomic E-state index is -4.51. The molecule has 0 saturated heterocycles. The summed E-state index contributed by atoms with van der Waals surface area (Å²) in [5.74, 6) is -1.05. The number of aryl methyl sites for hydroxylation is 2. The summed E-state index contributed by atoms with van der Waals surface area (Å²) in [6.07, 6.45) is -4.51. The number of alkyl halides is 3. The van der Waals surface area contributed by atoms with Crippen molar-refractivity contribution in [1.29, 1.82) is 0 Å². The highest BCUT2D eigenvalue weighted by Crippen LogP contribution is 2.32. The monoisotopic (exact) mass is 844 g/mol. The molecule has 12 N–H and O–H groups in total. The molecule has 0 unspecified atom stereocenters. The van der Waals surface area contributed by atoms with Crippen molar-refractivity contribution in [2.24, 2.45) is 25.6 Å². The molecule has 7 aromatic rings. The standard InChI is InChI=1S/C24H22N6O2.C19H17F3N6O2/c1-30-22(25)20(23(26)31)21(29-30)17-9-13-19(14-10-17)28-24(32)27-18-11-7-16(8-12-18)15-5-3-2-4-6-15;1-28-16(23)14(17(24)29)15(27-28)10-5-7-12(8-6-10)25-18(30)26-13-4-2-3-11(9-13)19(20,21)22/h2-14H,25H2,1H3,(H2,26,31)(H2,27,28,32);2-9H,23H2,1H3,(H2,24,29)(H2,25,26,30). The number of nitrogens with two attached hydrogens (primary N) is 4. The Kier molecular flexibility index (Phi) is 12.6. The van der Waals surface area contributed by atoms with E-state index in [0.29, 0.717) is 39.6 Å². The first kappa shape index (κ1) is 43.0. The lowest BCUT2D eigenvalue weighted by molar-refractivity contribution is -0.137. The number of nitrogens with one attached hydrogen (secondary N) is 4. The first-order valence-corrected chi connectivity index (χ1v) is 18.4. The van der Waals surface area contributed by atoms with Crippen molar-refractivity contribution in [3.63, 3.8) is 0 Å². The molecule has 7 rings (SSSR count). The number of hydrogen-bond donors (Lipinski definition) is 8. The number of halogens is 3. The van der Waals surface area contributed by atoms with Gasteiger partial charge in [-0.05, 0) is 65.7 Å². The van der Waals surface area contributed by atoms with Crippen molar-refractivity contribution in [3.8, 4) is 33.6 Å². The molecule has 0 bridgehead atoms. The van der Waals surface area contributed by atoms with Crippen LogP contribution in [0.4, 0.5) is 57.1 Å². The summed E-state index contributed by atoms with van der Waals surface area (Å²) in [4.78, 5) is 47.9. The van der Waals surface area contributed by atoms with Gasteiger partial charge in [-0.3, -0.25) is 19.0 Å². The number of hydrogen-bond acceptors (Lipinski definition) is 8. The van der Waals surface area contributed by atoms with Gasteiger partial charge in [0, 0.05) is 48.0 Å². The molecule has 19 heteroatoms. The van der Waals surface area contributed by atoms with Crippen LogP contribution >= 0.6 is 0 Å². The third-order valence-corrected chi connectivity index (χ3v) is 9.21. The molecule has 5 aromatic carbocycles. The van der Waals surface area contributed by atoms with Gasteiger partial charge in [-0.25, -0.2) is 9.59 Å². The zero-order valence-corrected chi connectivity index (χ0v) is 33.0. The molecule has 0 aliphatic heterocycles. The van der Waals surface area contributed by atoms with Gasteiger partial charge in [0.2, 0.25) is 0 Å². The Morgan fingerprint density at radius 3 is 1.26 bits per heavy atom. The third kappa shape index (κ3) is 10.1. The number of nitrogens with zero attached hydrogens (tertiary/aromatic N) is 4. The Hall–Kier alpha value is -8.61. The molecular weight excluding hydrogens is 806 g/mol. The van der Waals surface area contributed by atoms with Gasteiger partial charge < -0.3 is 44.2 Å². The minimum absolute atomic E-state index is 0.00555. The van der Waals surface area contributed by atoms with Crippen molar-refractivity contribution in [1.82, 2.24) is 19.6 Å². The Bertz CT molecular complexity index is 2750. The molecule has 0 atom stereocenters. The molecule has 0 aliphatic carbocycles. The summed E-state index contributed by atoms with van der Waals surface area (Å²) in [6, 6.07) is 33.9. The quantitative estimate of drug-likeness (QED) is 0.0720. The average Bonchev–Trinajstić information content (AvgIpc) is 3.71. The van der Waals surface area contributed by atoms with E-state index in [2.05, 4.69) is 31.5 Å². The number of benzene rings is 5. The van der Waals surface area contributed by atoms with E-state index in [-0.39, 0.29) is 34.5 Å². The van der Waals surface area contributed by atoms with Crippen LogP contribution in [-0.2, 0) is 20.3 Å². The highest BCUT2D eigenvalue weighted by molar-refractivity contribution is 6.05. The van der Waals surface area contributed by atoms with Crippen LogP contribution in [0.3, 0.4) is 0 Å². The highest BCUT2D eigenvalue weighted by atomic mass is 19.4. The first-order chi connectivity index (χ1) is 29.5. The minimum Gasteiger partial charge on any atom is -0.383 e. The number of aromatic nitrogens is 4. The summed E-state index contributed by atoms with van der Waals surface area (Å²) in [7, 11) is 3.21. The van der Waals surface area contributed by atoms with Gasteiger partial charge in [0.15, 0.2) is 0 Å². The van der Waals surface area contributed by atoms with Crippen molar-refractivity contribution in [3.05, 3.63) is 144 Å². The fraction of sp³-hybridized carbons (Fsp3) is 0.0698. The van der Waals surface area contributed by atoms with E-state index < -0.39 is 29.6 Å². The normalized spacial score (nSPS) is 10.9. The number of carbonyl (C=O) groups is 4. The molecule has 316 valence electrons. The molecule has 0 spiro atoms. The lowest BCUT2D eigenvalue weighted by atomic mass is 10.1. The predicted molar refractivity (Wildman–Crippen MR) is 232 cm³/mol. The van der Waals surface area contributed by atoms with Gasteiger partial charge in [0.05, 0.1) is 5.56 Å². The third-order valence-electron chi connectivity index (χ3n) is 9.21. The SMILES string of the molecule is Cn1nc(-c2ccc(NC(=O)Nc3ccc(-c4ccccc4)cc3)cc2)c(C(N)=O)c1N.Cn1nc(-c2ccc(NC(=O)Nc3cccc(C(F)(F)F)c3)cc2)c(C(N)=O)c1N. The molecule has 2 heterocycles. The zero-order valence-electron chi connectivity index (χ0n) is 33.0. The summed E-state index contributed by atoms with van der Waals surface area (Å²) < 4.78 is 41.0. The number of amides is 6. The Morgan fingerprint density at radius 2 is 0.871 bits per heavy atom. The maximum absolute atomic E-state index is 12.8. The lowest BCUT2D eigenvalue weighted by Crippen LogP contribution is -2.19. The smallest absolute Gasteiger partial charge is 0.383 e. The summed E-state index contributed by atoms with van der Waals surface area (Å²) in [5, 5.41) is 18.9. The molecule has 6 amide bonds. The average molecular weight is 845 g/mol. The van der Waals surface area contributed by atoms with Gasteiger partial charge in [-0.2, -0.15) is 23.4 Å². The molecule has 0 fully saturated rings. The fourth-order valence-corrected chi connectivity index (χ4v) is 6.12. The van der Waals surface area contributed by atoms with E-state index >= 15 is 0 Å². The number of urea groups is 2.